The van der Waals surface area contributed by atoms with Crippen LogP contribution in [0.3, 0.4) is 0 Å². The van der Waals surface area contributed by atoms with Gasteiger partial charge in [0.25, 0.3) is 0 Å². The molecule has 23 heavy (non-hydrogen) atoms. The molecule has 0 unspecified atom stereocenters. The molecule has 0 spiro atoms. The minimum absolute atomic E-state index is 0.113. The van der Waals surface area contributed by atoms with Crippen LogP contribution in [0.15, 0.2) is 41.9 Å². The van der Waals surface area contributed by atoms with Gasteiger partial charge in [-0.1, -0.05) is 12.1 Å². The normalized spacial score (nSPS) is 21.0. The summed E-state index contributed by atoms with van der Waals surface area (Å²) in [7, 11) is 4.21. The second kappa shape index (κ2) is 7.38. The molecule has 4 nitrogen and oxygen atoms in total. The number of hydrogen-bond acceptors (Lipinski definition) is 4. The lowest BCUT2D eigenvalue weighted by Crippen LogP contribution is -2.32. The number of pyridine rings is 1. The van der Waals surface area contributed by atoms with Gasteiger partial charge in [0.1, 0.15) is 0 Å². The fraction of sp³-hybridized carbons (Fsp3) is 0.412. The highest BCUT2D eigenvalue weighted by Crippen LogP contribution is 2.40. The molecule has 0 saturated carbocycles. The van der Waals surface area contributed by atoms with Gasteiger partial charge in [0.05, 0.1) is 17.8 Å². The molecule has 0 radical (unpaired) electrons. The van der Waals surface area contributed by atoms with Crippen molar-refractivity contribution in [3.8, 4) is 0 Å². The van der Waals surface area contributed by atoms with Crippen molar-refractivity contribution in [2.45, 2.75) is 18.5 Å². The first-order valence-corrected chi connectivity index (χ1v) is 9.12. The molecule has 6 heteroatoms. The van der Waals surface area contributed by atoms with Crippen molar-refractivity contribution in [3.05, 3.63) is 52.5 Å². The van der Waals surface area contributed by atoms with E-state index in [1.54, 1.807) is 11.3 Å². The summed E-state index contributed by atoms with van der Waals surface area (Å²) in [4.78, 5) is 10.4. The number of hydrogen-bond donors (Lipinski definition) is 1. The first-order chi connectivity index (χ1) is 11.2. The zero-order valence-electron chi connectivity index (χ0n) is 13.5. The molecule has 0 aliphatic carbocycles. The minimum atomic E-state index is 0.113. The lowest BCUT2D eigenvalue weighted by Gasteiger charge is -2.27. The van der Waals surface area contributed by atoms with E-state index < -0.39 is 0 Å². The molecule has 3 heterocycles. The van der Waals surface area contributed by atoms with Crippen LogP contribution in [0.1, 0.15) is 29.1 Å². The fourth-order valence-corrected chi connectivity index (χ4v) is 4.18. The maximum absolute atomic E-state index is 5.63. The number of nitrogens with zero attached hydrogens (tertiary/aromatic N) is 3. The van der Waals surface area contributed by atoms with Gasteiger partial charge in [0.15, 0.2) is 5.11 Å². The van der Waals surface area contributed by atoms with Crippen LogP contribution in [0.25, 0.3) is 0 Å². The molecule has 0 amide bonds. The molecular formula is C17H22N4S2. The van der Waals surface area contributed by atoms with Gasteiger partial charge in [-0.2, -0.15) is 0 Å². The van der Waals surface area contributed by atoms with E-state index in [9.17, 15) is 0 Å². The molecule has 1 saturated heterocycles. The molecule has 1 aliphatic rings. The van der Waals surface area contributed by atoms with Crippen LogP contribution in [-0.2, 0) is 0 Å². The van der Waals surface area contributed by atoms with Crippen molar-refractivity contribution in [1.29, 1.82) is 0 Å². The average Bonchev–Trinajstić information content (AvgIpc) is 3.16. The summed E-state index contributed by atoms with van der Waals surface area (Å²) in [5.41, 5.74) is 1.04. The summed E-state index contributed by atoms with van der Waals surface area (Å²) in [6.45, 7) is 2.01. The van der Waals surface area contributed by atoms with E-state index in [2.05, 4.69) is 57.8 Å². The van der Waals surface area contributed by atoms with E-state index in [1.165, 1.54) is 4.88 Å². The fourth-order valence-electron chi connectivity index (χ4n) is 2.97. The Morgan fingerprint density at radius 3 is 2.83 bits per heavy atom. The van der Waals surface area contributed by atoms with Crippen molar-refractivity contribution in [2.75, 3.05) is 27.2 Å². The van der Waals surface area contributed by atoms with E-state index in [1.807, 2.05) is 18.3 Å². The van der Waals surface area contributed by atoms with Crippen LogP contribution < -0.4 is 5.32 Å². The smallest absolute Gasteiger partial charge is 0.170 e. The van der Waals surface area contributed by atoms with Crippen LogP contribution in [0.4, 0.5) is 0 Å². The van der Waals surface area contributed by atoms with Crippen LogP contribution in [0.5, 0.6) is 0 Å². The number of thiophene rings is 1. The first-order valence-electron chi connectivity index (χ1n) is 7.83. The zero-order chi connectivity index (χ0) is 16.2. The second-order valence-electron chi connectivity index (χ2n) is 5.99. The molecule has 2 aromatic rings. The van der Waals surface area contributed by atoms with Gasteiger partial charge in [0, 0.05) is 17.6 Å². The predicted octanol–water partition coefficient (Wildman–Crippen LogP) is 3.07. The quantitative estimate of drug-likeness (QED) is 0.813. The standard InChI is InChI=1S/C17H22N4S2/c1-20(2)10-6-11-21-16(14-8-5-12-23-14)15(19-17(21)22)13-7-3-4-9-18-13/h3-5,7-9,12,15-16H,6,10-11H2,1-2H3,(H,19,22)/t15-,16+/m0/s1. The van der Waals surface area contributed by atoms with Crippen molar-refractivity contribution >= 4 is 28.7 Å². The number of rotatable bonds is 6. The van der Waals surface area contributed by atoms with E-state index in [0.717, 1.165) is 30.3 Å². The molecule has 2 atom stereocenters. The molecule has 1 aliphatic heterocycles. The van der Waals surface area contributed by atoms with E-state index in [4.69, 9.17) is 12.2 Å². The Morgan fingerprint density at radius 2 is 2.17 bits per heavy atom. The van der Waals surface area contributed by atoms with Gasteiger partial charge < -0.3 is 15.1 Å². The highest BCUT2D eigenvalue weighted by Gasteiger charge is 2.39. The van der Waals surface area contributed by atoms with Gasteiger partial charge in [0.2, 0.25) is 0 Å². The summed E-state index contributed by atoms with van der Waals surface area (Å²) < 4.78 is 0. The number of nitrogens with one attached hydrogen (secondary N) is 1. The zero-order valence-corrected chi connectivity index (χ0v) is 15.1. The first kappa shape index (κ1) is 16.4. The van der Waals surface area contributed by atoms with Crippen molar-refractivity contribution in [2.24, 2.45) is 0 Å². The summed E-state index contributed by atoms with van der Waals surface area (Å²) in [5.74, 6) is 0. The molecule has 2 aromatic heterocycles. The van der Waals surface area contributed by atoms with E-state index >= 15 is 0 Å². The Bertz CT molecular complexity index is 627. The van der Waals surface area contributed by atoms with Crippen LogP contribution in [0, 0.1) is 0 Å². The van der Waals surface area contributed by atoms with Gasteiger partial charge in [-0.25, -0.2) is 0 Å². The van der Waals surface area contributed by atoms with Gasteiger partial charge in [-0.05, 0) is 62.9 Å². The van der Waals surface area contributed by atoms with Crippen molar-refractivity contribution in [3.63, 3.8) is 0 Å². The average molecular weight is 347 g/mol. The summed E-state index contributed by atoms with van der Waals surface area (Å²) >= 11 is 7.41. The number of thiocarbonyl (C=S) groups is 1. The molecule has 1 fully saturated rings. The third kappa shape index (κ3) is 3.71. The lowest BCUT2D eigenvalue weighted by molar-refractivity contribution is 0.296. The van der Waals surface area contributed by atoms with Gasteiger partial charge in [-0.15, -0.1) is 11.3 Å². The Balaban J connectivity index is 1.85. The molecular weight excluding hydrogens is 324 g/mol. The van der Waals surface area contributed by atoms with Gasteiger partial charge >= 0.3 is 0 Å². The highest BCUT2D eigenvalue weighted by molar-refractivity contribution is 7.80. The summed E-state index contributed by atoms with van der Waals surface area (Å²) in [6.07, 6.45) is 2.94. The SMILES string of the molecule is CN(C)CCCN1C(=S)N[C@@H](c2ccccn2)[C@H]1c1cccs1. The number of aromatic nitrogens is 1. The Hall–Kier alpha value is -1.50. The maximum atomic E-state index is 5.63. The maximum Gasteiger partial charge on any atom is 0.170 e. The van der Waals surface area contributed by atoms with E-state index in [0.29, 0.717) is 0 Å². The monoisotopic (exact) mass is 346 g/mol. The molecule has 0 bridgehead atoms. The summed E-state index contributed by atoms with van der Waals surface area (Å²) in [5, 5.41) is 6.45. The minimum Gasteiger partial charge on any atom is -0.352 e. The molecule has 1 N–H and O–H groups in total. The van der Waals surface area contributed by atoms with Crippen LogP contribution >= 0.6 is 23.6 Å². The topological polar surface area (TPSA) is 31.4 Å². The largest absolute Gasteiger partial charge is 0.352 e. The van der Waals surface area contributed by atoms with Crippen LogP contribution in [-0.4, -0.2) is 47.1 Å². The summed E-state index contributed by atoms with van der Waals surface area (Å²) in [6, 6.07) is 10.7. The van der Waals surface area contributed by atoms with Gasteiger partial charge in [-0.3, -0.25) is 4.98 Å². The van der Waals surface area contributed by atoms with Crippen molar-refractivity contribution < 1.29 is 0 Å². The Morgan fingerprint density at radius 1 is 1.30 bits per heavy atom. The molecule has 0 aromatic carbocycles. The third-order valence-electron chi connectivity index (χ3n) is 4.04. The predicted molar refractivity (Wildman–Crippen MR) is 99.6 cm³/mol. The lowest BCUT2D eigenvalue weighted by atomic mass is 10.0. The second-order valence-corrected chi connectivity index (χ2v) is 7.36. The Labute approximate surface area is 147 Å². The molecule has 122 valence electrons. The van der Waals surface area contributed by atoms with Crippen LogP contribution in [0.2, 0.25) is 0 Å². The van der Waals surface area contributed by atoms with Crippen molar-refractivity contribution in [1.82, 2.24) is 20.1 Å². The highest BCUT2D eigenvalue weighted by atomic mass is 32.1. The van der Waals surface area contributed by atoms with E-state index in [-0.39, 0.29) is 12.1 Å². The third-order valence-corrected chi connectivity index (χ3v) is 5.33. The molecule has 3 rings (SSSR count). The Kier molecular flexibility index (Phi) is 5.25.